The lowest BCUT2D eigenvalue weighted by Gasteiger charge is -2.32. The van der Waals surface area contributed by atoms with E-state index in [0.717, 1.165) is 30.5 Å². The molecule has 1 aliphatic heterocycles. The highest BCUT2D eigenvalue weighted by Crippen LogP contribution is 2.31. The van der Waals surface area contributed by atoms with Gasteiger partial charge in [-0.25, -0.2) is 4.39 Å². The first-order valence-corrected chi connectivity index (χ1v) is 9.38. The van der Waals surface area contributed by atoms with Gasteiger partial charge in [0.2, 0.25) is 0 Å². The number of aromatic nitrogens is 2. The van der Waals surface area contributed by atoms with E-state index in [1.807, 2.05) is 30.3 Å². The molecule has 0 saturated carbocycles. The minimum Gasteiger partial charge on any atom is -0.497 e. The van der Waals surface area contributed by atoms with Gasteiger partial charge in [0.15, 0.2) is 5.82 Å². The summed E-state index contributed by atoms with van der Waals surface area (Å²) in [6.45, 7) is 1.22. The lowest BCUT2D eigenvalue weighted by molar-refractivity contribution is 0.0707. The molecule has 2 aromatic heterocycles. The Hall–Kier alpha value is -3.15. The van der Waals surface area contributed by atoms with Gasteiger partial charge in [-0.3, -0.25) is 9.78 Å². The molecule has 0 unspecified atom stereocenters. The SMILES string of the molecule is COc1ccc(-n2cccc2C2CCN(C(=O)c3ccncc3F)CC2)cc1. The van der Waals surface area contributed by atoms with Gasteiger partial charge in [-0.15, -0.1) is 0 Å². The van der Waals surface area contributed by atoms with Crippen LogP contribution in [0, 0.1) is 5.82 Å². The van der Waals surface area contributed by atoms with E-state index in [1.165, 1.54) is 18.0 Å². The molecule has 6 heteroatoms. The van der Waals surface area contributed by atoms with E-state index in [2.05, 4.69) is 21.8 Å². The fourth-order valence-corrected chi connectivity index (χ4v) is 3.80. The molecule has 0 radical (unpaired) electrons. The van der Waals surface area contributed by atoms with Gasteiger partial charge in [0, 0.05) is 42.8 Å². The summed E-state index contributed by atoms with van der Waals surface area (Å²) in [5, 5.41) is 0. The van der Waals surface area contributed by atoms with Gasteiger partial charge in [0.25, 0.3) is 5.91 Å². The van der Waals surface area contributed by atoms with E-state index >= 15 is 0 Å². The second-order valence-electron chi connectivity index (χ2n) is 6.92. The second-order valence-corrected chi connectivity index (χ2v) is 6.92. The molecular weight excluding hydrogens is 357 g/mol. The molecule has 0 spiro atoms. The fourth-order valence-electron chi connectivity index (χ4n) is 3.80. The Kier molecular flexibility index (Phi) is 5.10. The highest BCUT2D eigenvalue weighted by atomic mass is 19.1. The number of ether oxygens (including phenoxy) is 1. The van der Waals surface area contributed by atoms with Crippen molar-refractivity contribution in [2.45, 2.75) is 18.8 Å². The first-order chi connectivity index (χ1) is 13.7. The highest BCUT2D eigenvalue weighted by Gasteiger charge is 2.27. The topological polar surface area (TPSA) is 47.4 Å². The maximum absolute atomic E-state index is 13.9. The predicted molar refractivity (Wildman–Crippen MR) is 104 cm³/mol. The van der Waals surface area contributed by atoms with Crippen LogP contribution in [0.4, 0.5) is 4.39 Å². The lowest BCUT2D eigenvalue weighted by Crippen LogP contribution is -2.38. The molecule has 1 aliphatic rings. The van der Waals surface area contributed by atoms with Gasteiger partial charge in [-0.05, 0) is 55.3 Å². The number of methoxy groups -OCH3 is 1. The minimum atomic E-state index is -0.567. The largest absolute Gasteiger partial charge is 0.497 e. The number of likely N-dealkylation sites (tertiary alicyclic amines) is 1. The van der Waals surface area contributed by atoms with Crippen molar-refractivity contribution >= 4 is 5.91 Å². The number of carbonyl (C=O) groups excluding carboxylic acids is 1. The number of piperidine rings is 1. The molecule has 3 heterocycles. The summed E-state index contributed by atoms with van der Waals surface area (Å²) < 4.78 is 21.3. The Morgan fingerprint density at radius 2 is 1.89 bits per heavy atom. The van der Waals surface area contributed by atoms with E-state index in [1.54, 1.807) is 12.0 Å². The molecule has 0 bridgehead atoms. The van der Waals surface area contributed by atoms with Crippen molar-refractivity contribution in [1.29, 1.82) is 0 Å². The Labute approximate surface area is 163 Å². The van der Waals surface area contributed by atoms with Crippen LogP contribution in [0.15, 0.2) is 61.1 Å². The number of halogens is 1. The molecule has 144 valence electrons. The zero-order chi connectivity index (χ0) is 19.5. The van der Waals surface area contributed by atoms with E-state index in [4.69, 9.17) is 4.74 Å². The number of hydrogen-bond acceptors (Lipinski definition) is 3. The Morgan fingerprint density at radius 1 is 1.14 bits per heavy atom. The Balaban J connectivity index is 1.47. The minimum absolute atomic E-state index is 0.0926. The maximum Gasteiger partial charge on any atom is 0.256 e. The van der Waals surface area contributed by atoms with Crippen LogP contribution in [0.3, 0.4) is 0 Å². The first-order valence-electron chi connectivity index (χ1n) is 9.38. The van der Waals surface area contributed by atoms with Crippen molar-refractivity contribution in [3.63, 3.8) is 0 Å². The number of pyridine rings is 1. The molecule has 5 nitrogen and oxygen atoms in total. The number of amides is 1. The van der Waals surface area contributed by atoms with Crippen molar-refractivity contribution in [3.8, 4) is 11.4 Å². The Bertz CT molecular complexity index is 960. The third-order valence-electron chi connectivity index (χ3n) is 5.33. The van der Waals surface area contributed by atoms with Crippen molar-refractivity contribution < 1.29 is 13.9 Å². The predicted octanol–water partition coefficient (Wildman–Crippen LogP) is 4.04. The van der Waals surface area contributed by atoms with Gasteiger partial charge < -0.3 is 14.2 Å². The second kappa shape index (κ2) is 7.84. The van der Waals surface area contributed by atoms with Gasteiger partial charge in [-0.2, -0.15) is 0 Å². The summed E-state index contributed by atoms with van der Waals surface area (Å²) in [4.78, 5) is 18.0. The van der Waals surface area contributed by atoms with Crippen LogP contribution >= 0.6 is 0 Å². The van der Waals surface area contributed by atoms with Crippen LogP contribution in [-0.2, 0) is 0 Å². The van der Waals surface area contributed by atoms with E-state index in [-0.39, 0.29) is 11.5 Å². The zero-order valence-corrected chi connectivity index (χ0v) is 15.7. The number of carbonyl (C=O) groups is 1. The highest BCUT2D eigenvalue weighted by molar-refractivity contribution is 5.94. The third-order valence-corrected chi connectivity index (χ3v) is 5.33. The molecule has 1 fully saturated rings. The van der Waals surface area contributed by atoms with Crippen LogP contribution in [0.2, 0.25) is 0 Å². The summed E-state index contributed by atoms with van der Waals surface area (Å²) >= 11 is 0. The molecule has 1 aromatic carbocycles. The van der Waals surface area contributed by atoms with Gasteiger partial charge in [0.1, 0.15) is 5.75 Å². The van der Waals surface area contributed by atoms with Gasteiger partial charge in [0.05, 0.1) is 18.9 Å². The molecule has 1 amide bonds. The molecule has 3 aromatic rings. The molecule has 0 aliphatic carbocycles. The number of benzene rings is 1. The molecule has 4 rings (SSSR count). The molecular formula is C22H22FN3O2. The number of rotatable bonds is 4. The Morgan fingerprint density at radius 3 is 2.57 bits per heavy atom. The van der Waals surface area contributed by atoms with Crippen LogP contribution < -0.4 is 4.74 Å². The standard InChI is InChI=1S/C22H22FN3O2/c1-28-18-6-4-17(5-7-18)26-12-2-3-21(26)16-9-13-25(14-10-16)22(27)19-8-11-24-15-20(19)23/h2-8,11-12,15-16H,9-10,13-14H2,1H3. The van der Waals surface area contributed by atoms with Crippen molar-refractivity contribution in [2.75, 3.05) is 20.2 Å². The molecule has 28 heavy (non-hydrogen) atoms. The molecule has 1 saturated heterocycles. The van der Waals surface area contributed by atoms with Crippen LogP contribution in [0.25, 0.3) is 5.69 Å². The molecule has 0 atom stereocenters. The van der Waals surface area contributed by atoms with E-state index in [9.17, 15) is 9.18 Å². The van der Waals surface area contributed by atoms with Crippen LogP contribution in [-0.4, -0.2) is 40.6 Å². The maximum atomic E-state index is 13.9. The van der Waals surface area contributed by atoms with Crippen molar-refractivity contribution in [3.05, 3.63) is 78.1 Å². The monoisotopic (exact) mass is 379 g/mol. The quantitative estimate of drug-likeness (QED) is 0.687. The smallest absolute Gasteiger partial charge is 0.256 e. The van der Waals surface area contributed by atoms with Crippen LogP contribution in [0.5, 0.6) is 5.75 Å². The average Bonchev–Trinajstić information content (AvgIpc) is 3.24. The third kappa shape index (κ3) is 3.50. The zero-order valence-electron chi connectivity index (χ0n) is 15.7. The summed E-state index contributed by atoms with van der Waals surface area (Å²) in [7, 11) is 1.66. The normalized spacial score (nSPS) is 14.9. The fraction of sp³-hybridized carbons (Fsp3) is 0.273. The van der Waals surface area contributed by atoms with Crippen molar-refractivity contribution in [1.82, 2.24) is 14.5 Å². The van der Waals surface area contributed by atoms with Crippen LogP contribution in [0.1, 0.15) is 34.8 Å². The number of hydrogen-bond donors (Lipinski definition) is 0. The summed E-state index contributed by atoms with van der Waals surface area (Å²) in [5.41, 5.74) is 2.40. The van der Waals surface area contributed by atoms with Crippen molar-refractivity contribution in [2.24, 2.45) is 0 Å². The number of nitrogens with zero attached hydrogens (tertiary/aromatic N) is 3. The van der Waals surface area contributed by atoms with E-state index < -0.39 is 5.82 Å². The average molecular weight is 379 g/mol. The molecule has 0 N–H and O–H groups in total. The summed E-state index contributed by atoms with van der Waals surface area (Å²) in [6, 6.07) is 13.6. The van der Waals surface area contributed by atoms with Gasteiger partial charge in [-0.1, -0.05) is 0 Å². The van der Waals surface area contributed by atoms with Gasteiger partial charge >= 0.3 is 0 Å². The lowest BCUT2D eigenvalue weighted by atomic mass is 9.93. The van der Waals surface area contributed by atoms with E-state index in [0.29, 0.717) is 19.0 Å². The first kappa shape index (κ1) is 18.2. The summed E-state index contributed by atoms with van der Waals surface area (Å²) in [5.74, 6) is 0.350. The summed E-state index contributed by atoms with van der Waals surface area (Å²) in [6.07, 6.45) is 6.28.